The van der Waals surface area contributed by atoms with Crippen LogP contribution in [0.4, 0.5) is 5.13 Å². The summed E-state index contributed by atoms with van der Waals surface area (Å²) in [5.74, 6) is 2.38. The van der Waals surface area contributed by atoms with Gasteiger partial charge in [-0.2, -0.15) is 0 Å². The average molecular weight is 501 g/mol. The number of rotatable bonds is 10. The molecule has 11 heteroatoms. The van der Waals surface area contributed by atoms with Crippen LogP contribution >= 0.6 is 58.1 Å². The first-order valence-electron chi connectivity index (χ1n) is 8.85. The van der Waals surface area contributed by atoms with E-state index in [4.69, 9.17) is 23.2 Å². The molecule has 1 N–H and O–H groups in total. The number of thiazole rings is 1. The zero-order valence-electron chi connectivity index (χ0n) is 16.1. The van der Waals surface area contributed by atoms with Gasteiger partial charge in [0.1, 0.15) is 5.82 Å². The number of allylic oxidation sites excluding steroid dienone is 1. The quantitative estimate of drug-likeness (QED) is 0.284. The molecule has 1 aromatic carbocycles. The fourth-order valence-electron chi connectivity index (χ4n) is 2.43. The lowest BCUT2D eigenvalue weighted by atomic mass is 10.2. The van der Waals surface area contributed by atoms with Crippen LogP contribution in [0.1, 0.15) is 17.1 Å². The largest absolute Gasteiger partial charge is 0.301 e. The fraction of sp³-hybridized carbons (Fsp3) is 0.263. The molecule has 0 atom stereocenters. The summed E-state index contributed by atoms with van der Waals surface area (Å²) in [4.78, 5) is 16.4. The lowest BCUT2D eigenvalue weighted by Crippen LogP contribution is -2.14. The van der Waals surface area contributed by atoms with Crippen molar-refractivity contribution >= 4 is 69.1 Å². The molecule has 0 aliphatic carbocycles. The second-order valence-electron chi connectivity index (χ2n) is 6.17. The van der Waals surface area contributed by atoms with Crippen molar-refractivity contribution in [2.45, 2.75) is 30.1 Å². The van der Waals surface area contributed by atoms with E-state index in [1.54, 1.807) is 23.9 Å². The normalized spacial score (nSPS) is 10.9. The van der Waals surface area contributed by atoms with E-state index in [9.17, 15) is 4.79 Å². The number of carbonyl (C=O) groups excluding carboxylic acids is 1. The van der Waals surface area contributed by atoms with Crippen LogP contribution in [0.2, 0.25) is 10.0 Å². The highest BCUT2D eigenvalue weighted by atomic mass is 35.5. The number of nitrogens with zero attached hydrogens (tertiary/aromatic N) is 4. The van der Waals surface area contributed by atoms with Gasteiger partial charge in [0.25, 0.3) is 0 Å². The molecule has 2 aromatic heterocycles. The van der Waals surface area contributed by atoms with E-state index in [1.165, 1.54) is 23.1 Å². The van der Waals surface area contributed by atoms with Gasteiger partial charge < -0.3 is 9.88 Å². The van der Waals surface area contributed by atoms with Crippen molar-refractivity contribution in [3.63, 3.8) is 0 Å². The van der Waals surface area contributed by atoms with Crippen molar-refractivity contribution in [2.24, 2.45) is 0 Å². The van der Waals surface area contributed by atoms with Gasteiger partial charge in [-0.1, -0.05) is 47.1 Å². The number of halogens is 2. The minimum Gasteiger partial charge on any atom is -0.301 e. The smallest absolute Gasteiger partial charge is 0.236 e. The van der Waals surface area contributed by atoms with Crippen LogP contribution in [-0.2, 0) is 22.8 Å². The summed E-state index contributed by atoms with van der Waals surface area (Å²) in [5.41, 5.74) is 1.98. The summed E-state index contributed by atoms with van der Waals surface area (Å²) in [7, 11) is 0. The third-order valence-corrected chi connectivity index (χ3v) is 7.37. The maximum absolute atomic E-state index is 12.2. The number of hydrogen-bond donors (Lipinski definition) is 1. The molecule has 1 amide bonds. The Morgan fingerprint density at radius 3 is 2.83 bits per heavy atom. The number of amides is 1. The van der Waals surface area contributed by atoms with Crippen LogP contribution in [0.25, 0.3) is 0 Å². The molecule has 0 radical (unpaired) electrons. The van der Waals surface area contributed by atoms with Crippen molar-refractivity contribution < 1.29 is 4.79 Å². The zero-order chi connectivity index (χ0) is 21.5. The summed E-state index contributed by atoms with van der Waals surface area (Å²) in [5, 5.41) is 15.6. The number of aromatic nitrogens is 4. The Balaban J connectivity index is 1.56. The third-order valence-electron chi connectivity index (χ3n) is 3.79. The topological polar surface area (TPSA) is 72.7 Å². The Morgan fingerprint density at radius 1 is 1.30 bits per heavy atom. The fourth-order valence-corrected chi connectivity index (χ4v) is 5.14. The molecule has 6 nitrogen and oxygen atoms in total. The Morgan fingerprint density at radius 2 is 2.13 bits per heavy atom. The highest BCUT2D eigenvalue weighted by molar-refractivity contribution is 7.99. The summed E-state index contributed by atoms with van der Waals surface area (Å²) >= 11 is 16.5. The first-order valence-corrected chi connectivity index (χ1v) is 12.6. The van der Waals surface area contributed by atoms with Crippen LogP contribution < -0.4 is 5.32 Å². The van der Waals surface area contributed by atoms with Gasteiger partial charge in [0.15, 0.2) is 10.3 Å². The zero-order valence-corrected chi connectivity index (χ0v) is 20.1. The lowest BCUT2D eigenvalue weighted by Gasteiger charge is -2.08. The molecule has 0 saturated heterocycles. The average Bonchev–Trinajstić information content (AvgIpc) is 3.29. The van der Waals surface area contributed by atoms with Crippen molar-refractivity contribution in [3.05, 3.63) is 63.4 Å². The predicted octanol–water partition coefficient (Wildman–Crippen LogP) is 5.70. The van der Waals surface area contributed by atoms with E-state index < -0.39 is 0 Å². The molecule has 0 spiro atoms. The van der Waals surface area contributed by atoms with Gasteiger partial charge in [0.2, 0.25) is 5.91 Å². The maximum atomic E-state index is 12.2. The monoisotopic (exact) mass is 499 g/mol. The van der Waals surface area contributed by atoms with Crippen molar-refractivity contribution in [2.75, 3.05) is 11.1 Å². The molecule has 30 heavy (non-hydrogen) atoms. The molecule has 2 heterocycles. The molecule has 3 aromatic rings. The van der Waals surface area contributed by atoms with Crippen LogP contribution in [0.15, 0.2) is 41.4 Å². The van der Waals surface area contributed by atoms with Gasteiger partial charge in [-0.15, -0.1) is 39.9 Å². The summed E-state index contributed by atoms with van der Waals surface area (Å²) < 4.78 is 1.97. The minimum absolute atomic E-state index is 0.127. The van der Waals surface area contributed by atoms with Crippen LogP contribution in [0.5, 0.6) is 0 Å². The van der Waals surface area contributed by atoms with Crippen LogP contribution in [0.3, 0.4) is 0 Å². The Hall–Kier alpha value is -1.52. The van der Waals surface area contributed by atoms with E-state index >= 15 is 0 Å². The molecular formula is C19H19Cl2N5OS3. The second kappa shape index (κ2) is 11.2. The summed E-state index contributed by atoms with van der Waals surface area (Å²) in [6, 6.07) is 5.63. The molecule has 0 bridgehead atoms. The minimum atomic E-state index is -0.127. The lowest BCUT2D eigenvalue weighted by molar-refractivity contribution is -0.113. The number of nitrogens with one attached hydrogen (secondary N) is 1. The Bertz CT molecular complexity index is 1040. The number of carbonyl (C=O) groups is 1. The first kappa shape index (κ1) is 23.1. The van der Waals surface area contributed by atoms with E-state index in [0.717, 1.165) is 22.8 Å². The number of benzene rings is 1. The predicted molar refractivity (Wildman–Crippen MR) is 128 cm³/mol. The van der Waals surface area contributed by atoms with Crippen LogP contribution in [0, 0.1) is 6.92 Å². The van der Waals surface area contributed by atoms with Crippen molar-refractivity contribution in [1.82, 2.24) is 19.7 Å². The first-order chi connectivity index (χ1) is 14.5. The van der Waals surface area contributed by atoms with Gasteiger partial charge in [0, 0.05) is 17.7 Å². The Kier molecular flexibility index (Phi) is 8.64. The molecule has 158 valence electrons. The number of anilines is 1. The van der Waals surface area contributed by atoms with E-state index in [0.29, 0.717) is 32.6 Å². The SMILES string of the molecule is C=CCn1c(CSCc2ccc(Cl)c(Cl)c2)nnc1SCC(=O)Nc1nc(C)cs1. The van der Waals surface area contributed by atoms with Crippen LogP contribution in [-0.4, -0.2) is 31.4 Å². The molecular weight excluding hydrogens is 481 g/mol. The maximum Gasteiger partial charge on any atom is 0.236 e. The van der Waals surface area contributed by atoms with Crippen molar-refractivity contribution in [3.8, 4) is 0 Å². The second-order valence-corrected chi connectivity index (χ2v) is 9.77. The summed E-state index contributed by atoms with van der Waals surface area (Å²) in [6.07, 6.45) is 1.79. The standard InChI is InChI=1S/C19H19Cl2N5OS3/c1-3-6-26-16(10-28-9-13-4-5-14(20)15(21)7-13)24-25-19(26)30-11-17(27)23-18-22-12(2)8-29-18/h3-5,7-8H,1,6,9-11H2,2H3,(H,22,23,27). The third kappa shape index (κ3) is 6.49. The molecule has 0 aliphatic heterocycles. The number of aryl methyl sites for hydroxylation is 1. The van der Waals surface area contributed by atoms with E-state index in [-0.39, 0.29) is 11.7 Å². The Labute approximate surface area is 197 Å². The molecule has 0 aliphatic rings. The van der Waals surface area contributed by atoms with Gasteiger partial charge in [-0.3, -0.25) is 4.79 Å². The van der Waals surface area contributed by atoms with Crippen molar-refractivity contribution in [1.29, 1.82) is 0 Å². The van der Waals surface area contributed by atoms with Gasteiger partial charge in [-0.25, -0.2) is 4.98 Å². The van der Waals surface area contributed by atoms with E-state index in [1.807, 2.05) is 29.0 Å². The van der Waals surface area contributed by atoms with Gasteiger partial charge in [0.05, 0.1) is 27.2 Å². The van der Waals surface area contributed by atoms with Gasteiger partial charge in [-0.05, 0) is 24.6 Å². The molecule has 0 fully saturated rings. The summed E-state index contributed by atoms with van der Waals surface area (Å²) in [6.45, 7) is 6.27. The highest BCUT2D eigenvalue weighted by Crippen LogP contribution is 2.26. The molecule has 0 unspecified atom stereocenters. The molecule has 3 rings (SSSR count). The van der Waals surface area contributed by atoms with E-state index in [2.05, 4.69) is 27.1 Å². The highest BCUT2D eigenvalue weighted by Gasteiger charge is 2.14. The van der Waals surface area contributed by atoms with Gasteiger partial charge >= 0.3 is 0 Å². The number of hydrogen-bond acceptors (Lipinski definition) is 7. The number of thioether (sulfide) groups is 2. The molecule has 0 saturated carbocycles.